The lowest BCUT2D eigenvalue weighted by Crippen LogP contribution is -2.10. The molecule has 0 saturated heterocycles. The predicted octanol–water partition coefficient (Wildman–Crippen LogP) is 4.15. The van der Waals surface area contributed by atoms with E-state index < -0.39 is 5.97 Å². The Morgan fingerprint density at radius 1 is 1.33 bits per heavy atom. The molecule has 110 valence electrons. The summed E-state index contributed by atoms with van der Waals surface area (Å²) >= 11 is 6.01. The van der Waals surface area contributed by atoms with Crippen molar-refractivity contribution in [2.24, 2.45) is 0 Å². The van der Waals surface area contributed by atoms with Crippen LogP contribution in [0.2, 0.25) is 5.02 Å². The van der Waals surface area contributed by atoms with Crippen LogP contribution in [-0.2, 0) is 4.74 Å². The minimum atomic E-state index is -0.410. The topological polar surface area (TPSA) is 64.3 Å². The number of ether oxygens (including phenoxy) is 1. The van der Waals surface area contributed by atoms with E-state index >= 15 is 0 Å². The highest BCUT2D eigenvalue weighted by Crippen LogP contribution is 2.30. The summed E-state index contributed by atoms with van der Waals surface area (Å²) in [7, 11) is 0. The number of esters is 1. The van der Waals surface area contributed by atoms with Gasteiger partial charge in [0.25, 0.3) is 0 Å². The fourth-order valence-electron chi connectivity index (χ4n) is 1.95. The van der Waals surface area contributed by atoms with Gasteiger partial charge in [-0.25, -0.2) is 4.79 Å². The number of aryl methyl sites for hydroxylation is 1. The number of para-hydroxylation sites is 1. The predicted molar refractivity (Wildman–Crippen MR) is 86.3 cm³/mol. The second-order valence-electron chi connectivity index (χ2n) is 4.57. The molecule has 0 aliphatic carbocycles. The first-order valence-electron chi connectivity index (χ1n) is 6.61. The van der Waals surface area contributed by atoms with Crippen molar-refractivity contribution in [3.05, 3.63) is 52.5 Å². The summed E-state index contributed by atoms with van der Waals surface area (Å²) in [6, 6.07) is 10.6. The van der Waals surface area contributed by atoms with Gasteiger partial charge in [0, 0.05) is 10.7 Å². The van der Waals surface area contributed by atoms with Crippen molar-refractivity contribution in [1.29, 1.82) is 0 Å². The summed E-state index contributed by atoms with van der Waals surface area (Å²) in [5.41, 5.74) is 9.18. The molecule has 0 aromatic heterocycles. The van der Waals surface area contributed by atoms with Crippen molar-refractivity contribution in [2.45, 2.75) is 13.8 Å². The minimum absolute atomic E-state index is 0.309. The quantitative estimate of drug-likeness (QED) is 0.658. The Morgan fingerprint density at radius 2 is 2.10 bits per heavy atom. The molecule has 0 heterocycles. The number of rotatable bonds is 4. The number of hydrogen-bond acceptors (Lipinski definition) is 4. The van der Waals surface area contributed by atoms with Crippen LogP contribution in [0.4, 0.5) is 17.1 Å². The zero-order chi connectivity index (χ0) is 15.4. The second-order valence-corrected chi connectivity index (χ2v) is 5.01. The number of benzene rings is 2. The Balaban J connectivity index is 2.43. The molecule has 0 saturated carbocycles. The van der Waals surface area contributed by atoms with Crippen LogP contribution in [0.25, 0.3) is 0 Å². The maximum Gasteiger partial charge on any atom is 0.340 e. The number of carbonyl (C=O) groups is 1. The van der Waals surface area contributed by atoms with E-state index in [9.17, 15) is 4.79 Å². The molecule has 0 amide bonds. The van der Waals surface area contributed by atoms with Crippen LogP contribution in [0, 0.1) is 6.92 Å². The standard InChI is InChI=1S/C16H17ClN2O2/c1-3-21-16(20)12-5-4-6-13(18)15(12)19-14-9-11(17)8-7-10(14)2/h4-9,19H,3,18H2,1-2H3. The molecule has 21 heavy (non-hydrogen) atoms. The lowest BCUT2D eigenvalue weighted by molar-refractivity contribution is 0.0527. The number of nitrogen functional groups attached to an aromatic ring is 1. The molecule has 0 unspecified atom stereocenters. The van der Waals surface area contributed by atoms with Crippen molar-refractivity contribution in [3.8, 4) is 0 Å². The van der Waals surface area contributed by atoms with Crippen molar-refractivity contribution in [1.82, 2.24) is 0 Å². The smallest absolute Gasteiger partial charge is 0.340 e. The van der Waals surface area contributed by atoms with Crippen LogP contribution in [0.15, 0.2) is 36.4 Å². The summed E-state index contributed by atoms with van der Waals surface area (Å²) in [4.78, 5) is 12.0. The summed E-state index contributed by atoms with van der Waals surface area (Å²) in [5.74, 6) is -0.410. The van der Waals surface area contributed by atoms with Gasteiger partial charge < -0.3 is 15.8 Å². The number of nitrogens with two attached hydrogens (primary N) is 1. The van der Waals surface area contributed by atoms with Gasteiger partial charge >= 0.3 is 5.97 Å². The Morgan fingerprint density at radius 3 is 2.81 bits per heavy atom. The molecule has 2 aromatic carbocycles. The molecule has 5 heteroatoms. The van der Waals surface area contributed by atoms with E-state index in [0.717, 1.165) is 11.3 Å². The van der Waals surface area contributed by atoms with Gasteiger partial charge in [0.05, 0.1) is 23.5 Å². The number of halogens is 1. The van der Waals surface area contributed by atoms with E-state index in [0.29, 0.717) is 28.6 Å². The average Bonchev–Trinajstić information content (AvgIpc) is 2.45. The fourth-order valence-corrected chi connectivity index (χ4v) is 2.12. The molecule has 0 fully saturated rings. The van der Waals surface area contributed by atoms with E-state index in [1.165, 1.54) is 0 Å². The normalized spacial score (nSPS) is 10.2. The zero-order valence-electron chi connectivity index (χ0n) is 11.9. The fraction of sp³-hybridized carbons (Fsp3) is 0.188. The highest BCUT2D eigenvalue weighted by atomic mass is 35.5. The number of carbonyl (C=O) groups excluding carboxylic acids is 1. The first kappa shape index (κ1) is 15.2. The molecular weight excluding hydrogens is 288 g/mol. The second kappa shape index (κ2) is 6.50. The minimum Gasteiger partial charge on any atom is -0.462 e. The van der Waals surface area contributed by atoms with Gasteiger partial charge in [0.1, 0.15) is 0 Å². The van der Waals surface area contributed by atoms with E-state index in [1.807, 2.05) is 19.1 Å². The van der Waals surface area contributed by atoms with Crippen molar-refractivity contribution >= 4 is 34.6 Å². The van der Waals surface area contributed by atoms with E-state index in [1.54, 1.807) is 31.2 Å². The molecule has 2 rings (SSSR count). The van der Waals surface area contributed by atoms with Gasteiger partial charge in [0.15, 0.2) is 0 Å². The first-order valence-corrected chi connectivity index (χ1v) is 6.99. The van der Waals surface area contributed by atoms with Crippen LogP contribution in [0.3, 0.4) is 0 Å². The maximum absolute atomic E-state index is 12.0. The molecule has 0 bridgehead atoms. The Bertz CT molecular complexity index is 671. The van der Waals surface area contributed by atoms with Crippen LogP contribution in [0.5, 0.6) is 0 Å². The van der Waals surface area contributed by atoms with Crippen molar-refractivity contribution in [3.63, 3.8) is 0 Å². The third-order valence-electron chi connectivity index (χ3n) is 3.05. The summed E-state index contributed by atoms with van der Waals surface area (Å²) in [6.07, 6.45) is 0. The van der Waals surface area contributed by atoms with Gasteiger partial charge in [-0.1, -0.05) is 23.7 Å². The highest BCUT2D eigenvalue weighted by Gasteiger charge is 2.15. The maximum atomic E-state index is 12.0. The molecule has 4 nitrogen and oxygen atoms in total. The molecule has 0 atom stereocenters. The van der Waals surface area contributed by atoms with E-state index in [2.05, 4.69) is 5.32 Å². The molecular formula is C16H17ClN2O2. The molecule has 2 aromatic rings. The largest absolute Gasteiger partial charge is 0.462 e. The van der Waals surface area contributed by atoms with Gasteiger partial charge in [-0.05, 0) is 43.7 Å². The number of hydrogen-bond donors (Lipinski definition) is 2. The van der Waals surface area contributed by atoms with Gasteiger partial charge in [0.2, 0.25) is 0 Å². The van der Waals surface area contributed by atoms with Crippen molar-refractivity contribution in [2.75, 3.05) is 17.7 Å². The first-order chi connectivity index (χ1) is 10.0. The van der Waals surface area contributed by atoms with Crippen LogP contribution in [-0.4, -0.2) is 12.6 Å². The molecule has 0 aliphatic rings. The average molecular weight is 305 g/mol. The van der Waals surface area contributed by atoms with Crippen LogP contribution >= 0.6 is 11.6 Å². The van der Waals surface area contributed by atoms with Crippen LogP contribution in [0.1, 0.15) is 22.8 Å². The van der Waals surface area contributed by atoms with E-state index in [-0.39, 0.29) is 0 Å². The zero-order valence-corrected chi connectivity index (χ0v) is 12.7. The molecule has 0 aliphatic heterocycles. The van der Waals surface area contributed by atoms with Crippen molar-refractivity contribution < 1.29 is 9.53 Å². The Hall–Kier alpha value is -2.20. The van der Waals surface area contributed by atoms with E-state index in [4.69, 9.17) is 22.1 Å². The van der Waals surface area contributed by atoms with Gasteiger partial charge in [-0.2, -0.15) is 0 Å². The molecule has 3 N–H and O–H groups in total. The monoisotopic (exact) mass is 304 g/mol. The third-order valence-corrected chi connectivity index (χ3v) is 3.29. The van der Waals surface area contributed by atoms with Gasteiger partial charge in [-0.15, -0.1) is 0 Å². The SMILES string of the molecule is CCOC(=O)c1cccc(N)c1Nc1cc(Cl)ccc1C. The lowest BCUT2D eigenvalue weighted by Gasteiger charge is -2.15. The Labute approximate surface area is 128 Å². The third kappa shape index (κ3) is 3.47. The summed E-state index contributed by atoms with van der Waals surface area (Å²) < 4.78 is 5.05. The number of nitrogens with one attached hydrogen (secondary N) is 1. The Kier molecular flexibility index (Phi) is 4.70. The molecule has 0 spiro atoms. The van der Waals surface area contributed by atoms with Crippen LogP contribution < -0.4 is 11.1 Å². The summed E-state index contributed by atoms with van der Waals surface area (Å²) in [5, 5.41) is 3.79. The highest BCUT2D eigenvalue weighted by molar-refractivity contribution is 6.30. The summed E-state index contributed by atoms with van der Waals surface area (Å²) in [6.45, 7) is 4.02. The number of anilines is 3. The molecule has 0 radical (unpaired) electrons. The van der Waals surface area contributed by atoms with Gasteiger partial charge in [-0.3, -0.25) is 0 Å². The lowest BCUT2D eigenvalue weighted by atomic mass is 10.1.